The van der Waals surface area contributed by atoms with Gasteiger partial charge in [-0.05, 0) is 17.7 Å². The van der Waals surface area contributed by atoms with Gasteiger partial charge in [0.15, 0.2) is 0 Å². The average molecular weight is 281 g/mol. The Balaban J connectivity index is 2.07. The van der Waals surface area contributed by atoms with Crippen molar-refractivity contribution in [2.24, 2.45) is 0 Å². The van der Waals surface area contributed by atoms with E-state index in [1.54, 1.807) is 24.5 Å². The van der Waals surface area contributed by atoms with E-state index >= 15 is 0 Å². The molecule has 0 unspecified atom stereocenters. The fourth-order valence-electron chi connectivity index (χ4n) is 1.80. The van der Waals surface area contributed by atoms with Crippen molar-refractivity contribution in [1.82, 2.24) is 9.55 Å². The van der Waals surface area contributed by atoms with Gasteiger partial charge in [0, 0.05) is 25.5 Å². The second kappa shape index (κ2) is 5.81. The molecule has 2 rings (SSSR count). The summed E-state index contributed by atoms with van der Waals surface area (Å²) in [5.41, 5.74) is -0.0980. The summed E-state index contributed by atoms with van der Waals surface area (Å²) in [6.07, 6.45) is 0.794. The Morgan fingerprint density at radius 2 is 2.15 bits per heavy atom. The molecule has 0 saturated heterocycles. The minimum absolute atomic E-state index is 0.276. The Morgan fingerprint density at radius 1 is 1.35 bits per heavy atom. The van der Waals surface area contributed by atoms with Crippen LogP contribution in [0.5, 0.6) is 0 Å². The maximum Gasteiger partial charge on any atom is 0.416 e. The second-order valence-corrected chi connectivity index (χ2v) is 4.24. The molecule has 2 aromatic rings. The van der Waals surface area contributed by atoms with E-state index in [0.29, 0.717) is 18.1 Å². The van der Waals surface area contributed by atoms with Crippen molar-refractivity contribution >= 4 is 5.95 Å². The van der Waals surface area contributed by atoms with Crippen molar-refractivity contribution in [3.63, 3.8) is 0 Å². The Labute approximate surface area is 114 Å². The van der Waals surface area contributed by atoms with Gasteiger partial charge < -0.3 is 9.88 Å². The van der Waals surface area contributed by atoms with E-state index in [2.05, 4.69) is 16.9 Å². The highest BCUT2D eigenvalue weighted by Gasteiger charge is 2.30. The second-order valence-electron chi connectivity index (χ2n) is 4.24. The maximum atomic E-state index is 12.6. The van der Waals surface area contributed by atoms with Crippen molar-refractivity contribution in [2.75, 3.05) is 5.32 Å². The molecule has 0 aliphatic rings. The van der Waals surface area contributed by atoms with Gasteiger partial charge in [0.2, 0.25) is 5.95 Å². The van der Waals surface area contributed by atoms with Gasteiger partial charge in [-0.3, -0.25) is 0 Å². The molecule has 0 amide bonds. The molecule has 0 bridgehead atoms. The van der Waals surface area contributed by atoms with E-state index in [4.69, 9.17) is 0 Å². The number of nitrogens with zero attached hydrogens (tertiary/aromatic N) is 2. The average Bonchev–Trinajstić information content (AvgIpc) is 2.84. The largest absolute Gasteiger partial charge is 0.416 e. The van der Waals surface area contributed by atoms with Crippen molar-refractivity contribution in [1.29, 1.82) is 0 Å². The molecule has 106 valence electrons. The molecule has 0 spiro atoms. The summed E-state index contributed by atoms with van der Waals surface area (Å²) in [7, 11) is 0. The van der Waals surface area contributed by atoms with Crippen molar-refractivity contribution in [3.05, 3.63) is 60.4 Å². The lowest BCUT2D eigenvalue weighted by atomic mass is 10.1. The van der Waals surface area contributed by atoms with Crippen LogP contribution in [0.15, 0.2) is 49.3 Å². The highest BCUT2D eigenvalue weighted by Crippen LogP contribution is 2.29. The molecule has 6 heteroatoms. The highest BCUT2D eigenvalue weighted by atomic mass is 19.4. The Kier molecular flexibility index (Phi) is 4.12. The predicted molar refractivity (Wildman–Crippen MR) is 71.2 cm³/mol. The quantitative estimate of drug-likeness (QED) is 0.847. The first kappa shape index (κ1) is 14.2. The molecule has 0 saturated carbocycles. The minimum atomic E-state index is -4.32. The summed E-state index contributed by atoms with van der Waals surface area (Å²) in [5.74, 6) is 0.599. The number of hydrogen-bond acceptors (Lipinski definition) is 2. The van der Waals surface area contributed by atoms with Gasteiger partial charge in [-0.25, -0.2) is 4.98 Å². The van der Waals surface area contributed by atoms with Crippen LogP contribution in [0.25, 0.3) is 0 Å². The molecule has 1 heterocycles. The topological polar surface area (TPSA) is 29.9 Å². The first-order valence-electron chi connectivity index (χ1n) is 6.03. The van der Waals surface area contributed by atoms with Crippen molar-refractivity contribution in [3.8, 4) is 0 Å². The Hall–Kier alpha value is -2.24. The number of halogens is 3. The molecular weight excluding hydrogens is 267 g/mol. The van der Waals surface area contributed by atoms with Gasteiger partial charge in [0.05, 0.1) is 5.56 Å². The van der Waals surface area contributed by atoms with Crippen molar-refractivity contribution < 1.29 is 13.2 Å². The standard InChI is InChI=1S/C14H14F3N3/c1-2-7-20-8-6-18-13(20)19-10-11-4-3-5-12(9-11)14(15,16)17/h2-6,8-9H,1,7,10H2,(H,18,19). The maximum absolute atomic E-state index is 12.6. The third-order valence-electron chi connectivity index (χ3n) is 2.75. The molecule has 1 aromatic heterocycles. The lowest BCUT2D eigenvalue weighted by molar-refractivity contribution is -0.137. The summed E-state index contributed by atoms with van der Waals surface area (Å²) >= 11 is 0. The lowest BCUT2D eigenvalue weighted by Crippen LogP contribution is -2.09. The molecule has 20 heavy (non-hydrogen) atoms. The van der Waals surface area contributed by atoms with Gasteiger partial charge in [0.25, 0.3) is 0 Å². The van der Waals surface area contributed by atoms with Crippen molar-refractivity contribution in [2.45, 2.75) is 19.3 Å². The zero-order valence-corrected chi connectivity index (χ0v) is 10.7. The van der Waals surface area contributed by atoms with Crippen LogP contribution in [0.1, 0.15) is 11.1 Å². The fourth-order valence-corrected chi connectivity index (χ4v) is 1.80. The molecule has 0 fully saturated rings. The van der Waals surface area contributed by atoms with Gasteiger partial charge in [-0.2, -0.15) is 13.2 Å². The molecular formula is C14H14F3N3. The van der Waals surface area contributed by atoms with Gasteiger partial charge in [0.1, 0.15) is 0 Å². The summed E-state index contributed by atoms with van der Waals surface area (Å²) in [6.45, 7) is 4.50. The predicted octanol–water partition coefficient (Wildman–Crippen LogP) is 3.70. The number of allylic oxidation sites excluding steroid dienone is 1. The highest BCUT2D eigenvalue weighted by molar-refractivity contribution is 5.31. The number of nitrogens with one attached hydrogen (secondary N) is 1. The van der Waals surface area contributed by atoms with Crippen LogP contribution in [0.4, 0.5) is 19.1 Å². The third kappa shape index (κ3) is 3.40. The smallest absolute Gasteiger partial charge is 0.352 e. The third-order valence-corrected chi connectivity index (χ3v) is 2.75. The van der Waals surface area contributed by atoms with Gasteiger partial charge in [-0.15, -0.1) is 6.58 Å². The molecule has 3 nitrogen and oxygen atoms in total. The normalized spacial score (nSPS) is 11.3. The van der Waals surface area contributed by atoms with Gasteiger partial charge in [-0.1, -0.05) is 18.2 Å². The van der Waals surface area contributed by atoms with Crippen LogP contribution in [-0.4, -0.2) is 9.55 Å². The molecule has 0 radical (unpaired) electrons. The number of rotatable bonds is 5. The zero-order valence-electron chi connectivity index (χ0n) is 10.7. The first-order valence-corrected chi connectivity index (χ1v) is 6.03. The Morgan fingerprint density at radius 3 is 2.85 bits per heavy atom. The van der Waals surface area contributed by atoms with Crippen LogP contribution in [-0.2, 0) is 19.3 Å². The number of alkyl halides is 3. The fraction of sp³-hybridized carbons (Fsp3) is 0.214. The molecule has 1 aromatic carbocycles. The lowest BCUT2D eigenvalue weighted by Gasteiger charge is -2.10. The van der Waals surface area contributed by atoms with Crippen LogP contribution in [0.3, 0.4) is 0 Å². The number of anilines is 1. The summed E-state index contributed by atoms with van der Waals surface area (Å²) < 4.78 is 39.6. The van der Waals surface area contributed by atoms with Crippen LogP contribution in [0, 0.1) is 0 Å². The zero-order chi connectivity index (χ0) is 14.6. The summed E-state index contributed by atoms with van der Waals surface area (Å²) in [4.78, 5) is 4.10. The number of imidazole rings is 1. The summed E-state index contributed by atoms with van der Waals surface area (Å²) in [6, 6.07) is 5.23. The Bertz CT molecular complexity index is 587. The number of hydrogen-bond donors (Lipinski definition) is 1. The minimum Gasteiger partial charge on any atom is -0.352 e. The monoisotopic (exact) mass is 281 g/mol. The number of benzene rings is 1. The molecule has 0 atom stereocenters. The van der Waals surface area contributed by atoms with E-state index in [9.17, 15) is 13.2 Å². The molecule has 1 N–H and O–H groups in total. The SMILES string of the molecule is C=CCn1ccnc1NCc1cccc(C(F)(F)F)c1. The van der Waals surface area contributed by atoms with E-state index in [1.165, 1.54) is 6.07 Å². The molecule has 0 aliphatic heterocycles. The van der Waals surface area contributed by atoms with E-state index in [0.717, 1.165) is 12.1 Å². The van der Waals surface area contributed by atoms with E-state index < -0.39 is 11.7 Å². The molecule has 0 aliphatic carbocycles. The van der Waals surface area contributed by atoms with Crippen LogP contribution >= 0.6 is 0 Å². The van der Waals surface area contributed by atoms with Crippen LogP contribution < -0.4 is 5.32 Å². The van der Waals surface area contributed by atoms with Gasteiger partial charge >= 0.3 is 6.18 Å². The van der Waals surface area contributed by atoms with Crippen LogP contribution in [0.2, 0.25) is 0 Å². The van der Waals surface area contributed by atoms with E-state index in [1.807, 2.05) is 4.57 Å². The van der Waals surface area contributed by atoms with E-state index in [-0.39, 0.29) is 6.54 Å². The number of aromatic nitrogens is 2. The first-order chi connectivity index (χ1) is 9.50. The summed E-state index contributed by atoms with van der Waals surface area (Å²) in [5, 5.41) is 3.01.